The molecule has 2 aliphatic heterocycles. The monoisotopic (exact) mass is 312 g/mol. The van der Waals surface area contributed by atoms with Crippen molar-refractivity contribution in [3.8, 4) is 0 Å². The van der Waals surface area contributed by atoms with Crippen LogP contribution in [0.15, 0.2) is 22.7 Å². The van der Waals surface area contributed by atoms with Gasteiger partial charge in [-0.05, 0) is 49.4 Å². The molecule has 2 N–H and O–H groups in total. The maximum Gasteiger partial charge on any atom is 0.124 e. The molecule has 4 heteroatoms. The second kappa shape index (κ2) is 4.91. The molecule has 2 fully saturated rings. The van der Waals surface area contributed by atoms with Crippen LogP contribution in [-0.4, -0.2) is 23.0 Å². The van der Waals surface area contributed by atoms with E-state index >= 15 is 0 Å². The summed E-state index contributed by atoms with van der Waals surface area (Å²) in [5, 5.41) is 0. The van der Waals surface area contributed by atoms with Gasteiger partial charge in [0.05, 0.1) is 0 Å². The summed E-state index contributed by atoms with van der Waals surface area (Å²) in [6, 6.07) is 6.71. The van der Waals surface area contributed by atoms with Crippen LogP contribution in [0, 0.1) is 5.82 Å². The summed E-state index contributed by atoms with van der Waals surface area (Å²) in [6.07, 6.45) is 4.67. The molecule has 2 bridgehead atoms. The Morgan fingerprint density at radius 2 is 1.89 bits per heavy atom. The molecule has 3 rings (SSSR count). The third-order valence-corrected chi connectivity index (χ3v) is 4.67. The van der Waals surface area contributed by atoms with E-state index in [0.29, 0.717) is 18.1 Å². The molecule has 2 heterocycles. The van der Waals surface area contributed by atoms with E-state index in [1.165, 1.54) is 18.9 Å². The van der Waals surface area contributed by atoms with Crippen LogP contribution < -0.4 is 5.73 Å². The zero-order chi connectivity index (χ0) is 12.7. The molecule has 2 saturated heterocycles. The van der Waals surface area contributed by atoms with Crippen LogP contribution in [0.4, 0.5) is 4.39 Å². The van der Waals surface area contributed by atoms with E-state index in [1.807, 2.05) is 6.07 Å². The number of halogens is 2. The van der Waals surface area contributed by atoms with Gasteiger partial charge in [0, 0.05) is 29.1 Å². The first kappa shape index (κ1) is 12.6. The van der Waals surface area contributed by atoms with Gasteiger partial charge in [0.1, 0.15) is 5.82 Å². The van der Waals surface area contributed by atoms with E-state index < -0.39 is 0 Å². The van der Waals surface area contributed by atoms with E-state index in [1.54, 1.807) is 6.07 Å². The van der Waals surface area contributed by atoms with Crippen LogP contribution in [0.1, 0.15) is 31.2 Å². The number of piperidine rings is 1. The van der Waals surface area contributed by atoms with Gasteiger partial charge in [-0.3, -0.25) is 4.90 Å². The first-order valence-corrected chi connectivity index (χ1v) is 7.37. The van der Waals surface area contributed by atoms with Gasteiger partial charge in [0.25, 0.3) is 0 Å². The number of nitrogens with two attached hydrogens (primary N) is 1. The Bertz CT molecular complexity index is 417. The topological polar surface area (TPSA) is 29.3 Å². The standard InChI is InChI=1S/C14H18BrFN2/c15-10-3-9(4-11(16)5-10)8-18-13-1-2-14(18)7-12(17)6-13/h3-5,12-14H,1-2,6-8,17H2. The van der Waals surface area contributed by atoms with Crippen molar-refractivity contribution in [3.05, 3.63) is 34.1 Å². The molecule has 1 aromatic carbocycles. The first-order chi connectivity index (χ1) is 8.61. The van der Waals surface area contributed by atoms with Gasteiger partial charge in [-0.25, -0.2) is 4.39 Å². The van der Waals surface area contributed by atoms with Gasteiger partial charge in [0.2, 0.25) is 0 Å². The summed E-state index contributed by atoms with van der Waals surface area (Å²) < 4.78 is 14.2. The molecule has 0 aliphatic carbocycles. The highest BCUT2D eigenvalue weighted by Gasteiger charge is 2.39. The minimum absolute atomic E-state index is 0.166. The molecular weight excluding hydrogens is 295 g/mol. The Hall–Kier alpha value is -0.450. The molecule has 1 aromatic rings. The number of nitrogens with zero attached hydrogens (tertiary/aromatic N) is 1. The molecule has 0 radical (unpaired) electrons. The van der Waals surface area contributed by atoms with E-state index in [0.717, 1.165) is 29.4 Å². The Morgan fingerprint density at radius 1 is 1.22 bits per heavy atom. The smallest absolute Gasteiger partial charge is 0.124 e. The molecule has 0 spiro atoms. The molecular formula is C14H18BrFN2. The summed E-state index contributed by atoms with van der Waals surface area (Å²) in [6.45, 7) is 0.846. The SMILES string of the molecule is NC1CC2CCC(C1)N2Cc1cc(F)cc(Br)c1. The van der Waals surface area contributed by atoms with Crippen LogP contribution >= 0.6 is 15.9 Å². The van der Waals surface area contributed by atoms with Gasteiger partial charge in [-0.2, -0.15) is 0 Å². The predicted octanol–water partition coefficient (Wildman–Crippen LogP) is 3.04. The van der Waals surface area contributed by atoms with Crippen molar-refractivity contribution in [1.82, 2.24) is 4.90 Å². The van der Waals surface area contributed by atoms with Crippen LogP contribution in [0.2, 0.25) is 0 Å². The first-order valence-electron chi connectivity index (χ1n) is 6.58. The van der Waals surface area contributed by atoms with Crippen molar-refractivity contribution >= 4 is 15.9 Å². The Morgan fingerprint density at radius 3 is 2.50 bits per heavy atom. The van der Waals surface area contributed by atoms with Crippen LogP contribution in [0.5, 0.6) is 0 Å². The lowest BCUT2D eigenvalue weighted by molar-refractivity contribution is 0.120. The maximum atomic E-state index is 13.4. The van der Waals surface area contributed by atoms with Gasteiger partial charge in [-0.15, -0.1) is 0 Å². The maximum absolute atomic E-state index is 13.4. The number of hydrogen-bond acceptors (Lipinski definition) is 2. The number of benzene rings is 1. The molecule has 2 aliphatic rings. The van der Waals surface area contributed by atoms with Crippen LogP contribution in [-0.2, 0) is 6.54 Å². The number of hydrogen-bond donors (Lipinski definition) is 1. The molecule has 18 heavy (non-hydrogen) atoms. The highest BCUT2D eigenvalue weighted by Crippen LogP contribution is 2.36. The third kappa shape index (κ3) is 2.46. The van der Waals surface area contributed by atoms with Crippen LogP contribution in [0.3, 0.4) is 0 Å². The van der Waals surface area contributed by atoms with Gasteiger partial charge in [0.15, 0.2) is 0 Å². The Balaban J connectivity index is 1.77. The van der Waals surface area contributed by atoms with Crippen molar-refractivity contribution in [2.24, 2.45) is 5.73 Å². The fourth-order valence-electron chi connectivity index (χ4n) is 3.49. The molecule has 2 atom stereocenters. The second-order valence-electron chi connectivity index (χ2n) is 5.57. The molecule has 2 unspecified atom stereocenters. The zero-order valence-electron chi connectivity index (χ0n) is 10.3. The van der Waals surface area contributed by atoms with Crippen molar-refractivity contribution in [2.45, 2.75) is 50.4 Å². The van der Waals surface area contributed by atoms with E-state index in [2.05, 4.69) is 20.8 Å². The second-order valence-corrected chi connectivity index (χ2v) is 6.48. The fourth-order valence-corrected chi connectivity index (χ4v) is 4.00. The van der Waals surface area contributed by atoms with Crippen LogP contribution in [0.25, 0.3) is 0 Å². The summed E-state index contributed by atoms with van der Waals surface area (Å²) in [7, 11) is 0. The van der Waals surface area contributed by atoms with Gasteiger partial charge < -0.3 is 5.73 Å². The largest absolute Gasteiger partial charge is 0.328 e. The summed E-state index contributed by atoms with van der Waals surface area (Å²) >= 11 is 3.35. The molecule has 0 aromatic heterocycles. The average Bonchev–Trinajstić information content (AvgIpc) is 2.53. The van der Waals surface area contributed by atoms with Gasteiger partial charge in [-0.1, -0.05) is 15.9 Å². The average molecular weight is 313 g/mol. The van der Waals surface area contributed by atoms with Crippen molar-refractivity contribution in [3.63, 3.8) is 0 Å². The lowest BCUT2D eigenvalue weighted by Gasteiger charge is -2.37. The van der Waals surface area contributed by atoms with Crippen molar-refractivity contribution in [1.29, 1.82) is 0 Å². The van der Waals surface area contributed by atoms with Crippen molar-refractivity contribution < 1.29 is 4.39 Å². The molecule has 98 valence electrons. The minimum atomic E-state index is -0.166. The van der Waals surface area contributed by atoms with Gasteiger partial charge >= 0.3 is 0 Å². The number of fused-ring (bicyclic) bond motifs is 2. The van der Waals surface area contributed by atoms with E-state index in [-0.39, 0.29) is 5.82 Å². The summed E-state index contributed by atoms with van der Waals surface area (Å²) in [5.41, 5.74) is 7.12. The molecule has 2 nitrogen and oxygen atoms in total. The summed E-state index contributed by atoms with van der Waals surface area (Å²) in [5.74, 6) is -0.166. The Labute approximate surface area is 115 Å². The molecule has 0 saturated carbocycles. The lowest BCUT2D eigenvalue weighted by atomic mass is 9.97. The quantitative estimate of drug-likeness (QED) is 0.909. The highest BCUT2D eigenvalue weighted by molar-refractivity contribution is 9.10. The molecule has 0 amide bonds. The van der Waals surface area contributed by atoms with E-state index in [9.17, 15) is 4.39 Å². The highest BCUT2D eigenvalue weighted by atomic mass is 79.9. The Kier molecular flexibility index (Phi) is 3.43. The number of rotatable bonds is 2. The predicted molar refractivity (Wildman–Crippen MR) is 73.7 cm³/mol. The zero-order valence-corrected chi connectivity index (χ0v) is 11.9. The third-order valence-electron chi connectivity index (χ3n) is 4.21. The summed E-state index contributed by atoms with van der Waals surface area (Å²) in [4.78, 5) is 2.52. The normalized spacial score (nSPS) is 31.8. The lowest BCUT2D eigenvalue weighted by Crippen LogP contribution is -2.46. The fraction of sp³-hybridized carbons (Fsp3) is 0.571. The van der Waals surface area contributed by atoms with Crippen molar-refractivity contribution in [2.75, 3.05) is 0 Å². The minimum Gasteiger partial charge on any atom is -0.328 e. The van der Waals surface area contributed by atoms with E-state index in [4.69, 9.17) is 5.73 Å².